The van der Waals surface area contributed by atoms with Gasteiger partial charge in [0.1, 0.15) is 0 Å². The summed E-state index contributed by atoms with van der Waals surface area (Å²) in [4.78, 5) is 0. The SMILES string of the molecule is CC1=CCC(CC2c3ccccc3-c3ccccc32)=C1. The second-order valence-corrected chi connectivity index (χ2v) is 5.89. The first-order valence-electron chi connectivity index (χ1n) is 7.37. The van der Waals surface area contributed by atoms with Crippen molar-refractivity contribution in [1.82, 2.24) is 0 Å². The summed E-state index contributed by atoms with van der Waals surface area (Å²) >= 11 is 0. The van der Waals surface area contributed by atoms with Gasteiger partial charge in [0.2, 0.25) is 0 Å². The normalized spacial score (nSPS) is 16.6. The maximum Gasteiger partial charge on any atom is 0.0139 e. The molecular formula is C20H18. The summed E-state index contributed by atoms with van der Waals surface area (Å²) in [5.74, 6) is 0.535. The van der Waals surface area contributed by atoms with Gasteiger partial charge in [0.25, 0.3) is 0 Å². The molecule has 0 unspecified atom stereocenters. The Kier molecular flexibility index (Phi) is 2.63. The van der Waals surface area contributed by atoms with E-state index in [1.165, 1.54) is 27.8 Å². The topological polar surface area (TPSA) is 0 Å². The van der Waals surface area contributed by atoms with Crippen LogP contribution in [0.1, 0.15) is 36.8 Å². The lowest BCUT2D eigenvalue weighted by molar-refractivity contribution is 0.805. The van der Waals surface area contributed by atoms with Crippen molar-refractivity contribution in [3.05, 3.63) is 83.0 Å². The lowest BCUT2D eigenvalue weighted by atomic mass is 9.89. The predicted octanol–water partition coefficient (Wildman–Crippen LogP) is 5.47. The second-order valence-electron chi connectivity index (χ2n) is 5.89. The number of allylic oxidation sites excluding steroid dienone is 4. The second kappa shape index (κ2) is 4.49. The first-order chi connectivity index (χ1) is 9.83. The molecule has 0 radical (unpaired) electrons. The molecule has 0 aliphatic heterocycles. The summed E-state index contributed by atoms with van der Waals surface area (Å²) in [6, 6.07) is 17.8. The van der Waals surface area contributed by atoms with Gasteiger partial charge in [-0.05, 0) is 42.0 Å². The van der Waals surface area contributed by atoms with Gasteiger partial charge in [-0.15, -0.1) is 0 Å². The number of hydrogen-bond acceptors (Lipinski definition) is 0. The third-order valence-corrected chi connectivity index (χ3v) is 4.55. The Morgan fingerprint density at radius 1 is 0.900 bits per heavy atom. The van der Waals surface area contributed by atoms with Gasteiger partial charge in [0.15, 0.2) is 0 Å². The fourth-order valence-electron chi connectivity index (χ4n) is 3.62. The van der Waals surface area contributed by atoms with Crippen molar-refractivity contribution in [3.63, 3.8) is 0 Å². The van der Waals surface area contributed by atoms with Crippen molar-refractivity contribution in [2.45, 2.75) is 25.7 Å². The Morgan fingerprint density at radius 3 is 2.05 bits per heavy atom. The van der Waals surface area contributed by atoms with Crippen LogP contribution in [-0.2, 0) is 0 Å². The van der Waals surface area contributed by atoms with Gasteiger partial charge >= 0.3 is 0 Å². The quantitative estimate of drug-likeness (QED) is 0.670. The molecule has 0 N–H and O–H groups in total. The molecular weight excluding hydrogens is 240 g/mol. The van der Waals surface area contributed by atoms with Crippen molar-refractivity contribution in [3.8, 4) is 11.1 Å². The van der Waals surface area contributed by atoms with Crippen LogP contribution in [0.5, 0.6) is 0 Å². The highest BCUT2D eigenvalue weighted by Crippen LogP contribution is 2.47. The molecule has 0 aromatic heterocycles. The molecule has 2 aromatic rings. The fourth-order valence-corrected chi connectivity index (χ4v) is 3.62. The van der Waals surface area contributed by atoms with Gasteiger partial charge in [-0.2, -0.15) is 0 Å². The molecule has 4 rings (SSSR count). The third kappa shape index (κ3) is 1.76. The standard InChI is InChI=1S/C20H18/c1-14-10-11-15(12-14)13-20-18-8-4-2-6-16(18)17-7-3-5-9-19(17)20/h2-10,12,20H,11,13H2,1H3. The zero-order valence-electron chi connectivity index (χ0n) is 11.8. The van der Waals surface area contributed by atoms with E-state index in [1.54, 1.807) is 5.57 Å². The average Bonchev–Trinajstić information content (AvgIpc) is 3.03. The molecule has 0 nitrogen and oxygen atoms in total. The molecule has 0 spiro atoms. The maximum absolute atomic E-state index is 2.36. The Balaban J connectivity index is 1.78. The van der Waals surface area contributed by atoms with Crippen LogP contribution >= 0.6 is 0 Å². The van der Waals surface area contributed by atoms with Gasteiger partial charge in [-0.1, -0.05) is 71.8 Å². The van der Waals surface area contributed by atoms with E-state index in [0.717, 1.165) is 12.8 Å². The van der Waals surface area contributed by atoms with Gasteiger partial charge in [0.05, 0.1) is 0 Å². The van der Waals surface area contributed by atoms with Crippen LogP contribution in [0, 0.1) is 0 Å². The number of rotatable bonds is 2. The van der Waals surface area contributed by atoms with E-state index >= 15 is 0 Å². The predicted molar refractivity (Wildman–Crippen MR) is 84.8 cm³/mol. The molecule has 0 heterocycles. The highest BCUT2D eigenvalue weighted by molar-refractivity contribution is 5.78. The molecule has 2 aromatic carbocycles. The monoisotopic (exact) mass is 258 g/mol. The number of hydrogen-bond donors (Lipinski definition) is 0. The van der Waals surface area contributed by atoms with E-state index in [4.69, 9.17) is 0 Å². The lowest BCUT2D eigenvalue weighted by Gasteiger charge is -2.14. The van der Waals surface area contributed by atoms with Crippen LogP contribution in [0.3, 0.4) is 0 Å². The van der Waals surface area contributed by atoms with E-state index in [9.17, 15) is 0 Å². The number of fused-ring (bicyclic) bond motifs is 3. The third-order valence-electron chi connectivity index (χ3n) is 4.55. The van der Waals surface area contributed by atoms with Gasteiger partial charge in [0, 0.05) is 5.92 Å². The van der Waals surface area contributed by atoms with E-state index in [2.05, 4.69) is 67.6 Å². The highest BCUT2D eigenvalue weighted by Gasteiger charge is 2.28. The van der Waals surface area contributed by atoms with Gasteiger partial charge < -0.3 is 0 Å². The van der Waals surface area contributed by atoms with Crippen LogP contribution < -0.4 is 0 Å². The molecule has 2 aliphatic carbocycles. The highest BCUT2D eigenvalue weighted by atomic mass is 14.3. The largest absolute Gasteiger partial charge is 0.0775 e. The van der Waals surface area contributed by atoms with Crippen LogP contribution in [0.2, 0.25) is 0 Å². The van der Waals surface area contributed by atoms with E-state index < -0.39 is 0 Å². The molecule has 20 heavy (non-hydrogen) atoms. The van der Waals surface area contributed by atoms with Crippen LogP contribution in [0.15, 0.2) is 71.8 Å². The summed E-state index contributed by atoms with van der Waals surface area (Å²) in [6.45, 7) is 2.20. The molecule has 0 saturated heterocycles. The van der Waals surface area contributed by atoms with Crippen molar-refractivity contribution in [1.29, 1.82) is 0 Å². The van der Waals surface area contributed by atoms with Crippen LogP contribution in [-0.4, -0.2) is 0 Å². The zero-order valence-corrected chi connectivity index (χ0v) is 11.8. The summed E-state index contributed by atoms with van der Waals surface area (Å²) < 4.78 is 0. The van der Waals surface area contributed by atoms with Gasteiger partial charge in [-0.3, -0.25) is 0 Å². The average molecular weight is 258 g/mol. The molecule has 0 fully saturated rings. The Labute approximate surface area is 120 Å². The Morgan fingerprint density at radius 2 is 1.50 bits per heavy atom. The zero-order chi connectivity index (χ0) is 13.5. The van der Waals surface area contributed by atoms with E-state index in [0.29, 0.717) is 5.92 Å². The number of benzene rings is 2. The molecule has 0 amide bonds. The van der Waals surface area contributed by atoms with E-state index in [-0.39, 0.29) is 0 Å². The summed E-state index contributed by atoms with van der Waals surface area (Å²) in [6.07, 6.45) is 6.99. The first-order valence-corrected chi connectivity index (χ1v) is 7.37. The minimum Gasteiger partial charge on any atom is -0.0775 e. The van der Waals surface area contributed by atoms with Crippen molar-refractivity contribution in [2.24, 2.45) is 0 Å². The van der Waals surface area contributed by atoms with Crippen molar-refractivity contribution >= 4 is 0 Å². The summed E-state index contributed by atoms with van der Waals surface area (Å²) in [7, 11) is 0. The van der Waals surface area contributed by atoms with Crippen LogP contribution in [0.25, 0.3) is 11.1 Å². The lowest BCUT2D eigenvalue weighted by Crippen LogP contribution is -1.98. The summed E-state index contributed by atoms with van der Waals surface area (Å²) in [5.41, 5.74) is 8.84. The minimum atomic E-state index is 0.535. The van der Waals surface area contributed by atoms with E-state index in [1.807, 2.05) is 0 Å². The molecule has 0 bridgehead atoms. The Bertz CT molecular complexity index is 686. The molecule has 98 valence electrons. The maximum atomic E-state index is 2.36. The fraction of sp³-hybridized carbons (Fsp3) is 0.200. The van der Waals surface area contributed by atoms with Crippen molar-refractivity contribution in [2.75, 3.05) is 0 Å². The minimum absolute atomic E-state index is 0.535. The molecule has 2 aliphatic rings. The van der Waals surface area contributed by atoms with Gasteiger partial charge in [-0.25, -0.2) is 0 Å². The van der Waals surface area contributed by atoms with Crippen LogP contribution in [0.4, 0.5) is 0 Å². The summed E-state index contributed by atoms with van der Waals surface area (Å²) in [5, 5.41) is 0. The Hall–Kier alpha value is -2.08. The molecule has 0 saturated carbocycles. The smallest absolute Gasteiger partial charge is 0.0139 e. The molecule has 0 heteroatoms. The molecule has 0 atom stereocenters. The van der Waals surface area contributed by atoms with Crippen molar-refractivity contribution < 1.29 is 0 Å². The first kappa shape index (κ1) is 11.7.